The number of likely N-dealkylation sites (tertiary alicyclic amines) is 1. The summed E-state index contributed by atoms with van der Waals surface area (Å²) in [7, 11) is 0. The summed E-state index contributed by atoms with van der Waals surface area (Å²) < 4.78 is 5.03. The highest BCUT2D eigenvalue weighted by atomic mass is 16.5. The van der Waals surface area contributed by atoms with Gasteiger partial charge >= 0.3 is 5.97 Å². The average Bonchev–Trinajstić information content (AvgIpc) is 2.25. The molecule has 0 aliphatic carbocycles. The zero-order valence-electron chi connectivity index (χ0n) is 10.5. The van der Waals surface area contributed by atoms with Gasteiger partial charge in [0.05, 0.1) is 12.6 Å². The van der Waals surface area contributed by atoms with Crippen LogP contribution in [0.3, 0.4) is 0 Å². The molecule has 0 spiro atoms. The van der Waals surface area contributed by atoms with Crippen LogP contribution in [0.2, 0.25) is 0 Å². The average molecular weight is 228 g/mol. The number of nitrogens with one attached hydrogen (secondary N) is 1. The largest absolute Gasteiger partial charge is 0.462 e. The lowest BCUT2D eigenvalue weighted by Crippen LogP contribution is -2.37. The minimum atomic E-state index is -0.159. The van der Waals surface area contributed by atoms with E-state index in [1.54, 1.807) is 0 Å². The van der Waals surface area contributed by atoms with E-state index in [9.17, 15) is 4.79 Å². The van der Waals surface area contributed by atoms with Crippen LogP contribution in [0.15, 0.2) is 0 Å². The maximum atomic E-state index is 11.2. The molecule has 0 unspecified atom stereocenters. The first-order valence-electron chi connectivity index (χ1n) is 6.31. The first-order valence-corrected chi connectivity index (χ1v) is 6.31. The monoisotopic (exact) mass is 228 g/mol. The second-order valence-electron chi connectivity index (χ2n) is 4.62. The van der Waals surface area contributed by atoms with E-state index in [4.69, 9.17) is 4.74 Å². The molecule has 94 valence electrons. The van der Waals surface area contributed by atoms with Crippen LogP contribution in [-0.4, -0.2) is 49.7 Å². The Bertz CT molecular complexity index is 201. The predicted molar refractivity (Wildman–Crippen MR) is 64.4 cm³/mol. The van der Waals surface area contributed by atoms with Gasteiger partial charge in [-0.25, -0.2) is 0 Å². The highest BCUT2D eigenvalue weighted by Crippen LogP contribution is 2.07. The number of esters is 1. The van der Waals surface area contributed by atoms with Crippen molar-refractivity contribution in [1.82, 2.24) is 10.2 Å². The number of carbonyl (C=O) groups excluding carboxylic acids is 1. The van der Waals surface area contributed by atoms with E-state index in [0.29, 0.717) is 6.54 Å². The summed E-state index contributed by atoms with van der Waals surface area (Å²) in [5.41, 5.74) is 0. The van der Waals surface area contributed by atoms with Gasteiger partial charge in [-0.1, -0.05) is 6.42 Å². The molecule has 1 aliphatic rings. The topological polar surface area (TPSA) is 41.6 Å². The Labute approximate surface area is 98.3 Å². The summed E-state index contributed by atoms with van der Waals surface area (Å²) in [6.45, 7) is 8.38. The Morgan fingerprint density at radius 2 is 2.00 bits per heavy atom. The third-order valence-corrected chi connectivity index (χ3v) is 2.69. The quantitative estimate of drug-likeness (QED) is 0.544. The summed E-state index contributed by atoms with van der Waals surface area (Å²) >= 11 is 0. The maximum Gasteiger partial charge on any atom is 0.320 e. The lowest BCUT2D eigenvalue weighted by molar-refractivity contribution is -0.146. The van der Waals surface area contributed by atoms with E-state index in [0.717, 1.165) is 13.1 Å². The minimum Gasteiger partial charge on any atom is -0.462 e. The molecule has 4 heteroatoms. The van der Waals surface area contributed by atoms with E-state index in [1.807, 2.05) is 13.8 Å². The Morgan fingerprint density at radius 3 is 2.62 bits per heavy atom. The van der Waals surface area contributed by atoms with Gasteiger partial charge in [0.2, 0.25) is 0 Å². The zero-order valence-corrected chi connectivity index (χ0v) is 10.5. The van der Waals surface area contributed by atoms with Crippen LogP contribution >= 0.6 is 0 Å². The fraction of sp³-hybridized carbons (Fsp3) is 0.917. The highest BCUT2D eigenvalue weighted by molar-refractivity contribution is 5.71. The van der Waals surface area contributed by atoms with Gasteiger partial charge in [-0.3, -0.25) is 4.79 Å². The third kappa shape index (κ3) is 6.08. The van der Waals surface area contributed by atoms with Gasteiger partial charge in [0.25, 0.3) is 0 Å². The second kappa shape index (κ2) is 7.63. The normalized spacial score (nSPS) is 17.7. The molecule has 0 atom stereocenters. The molecule has 1 rings (SSSR count). The Hall–Kier alpha value is -0.610. The standard InChI is InChI=1S/C12H24N2O2/c1-11(2)16-12(15)10-13-6-9-14-7-4-3-5-8-14/h11,13H,3-10H2,1-2H3. The molecule has 1 heterocycles. The van der Waals surface area contributed by atoms with Crippen molar-refractivity contribution in [2.45, 2.75) is 39.2 Å². The first kappa shape index (κ1) is 13.5. The SMILES string of the molecule is CC(C)OC(=O)CNCCN1CCCCC1. The number of rotatable bonds is 6. The van der Waals surface area contributed by atoms with E-state index >= 15 is 0 Å². The Morgan fingerprint density at radius 1 is 1.31 bits per heavy atom. The second-order valence-corrected chi connectivity index (χ2v) is 4.62. The lowest BCUT2D eigenvalue weighted by atomic mass is 10.1. The van der Waals surface area contributed by atoms with Crippen LogP contribution < -0.4 is 5.32 Å². The molecule has 0 amide bonds. The third-order valence-electron chi connectivity index (χ3n) is 2.69. The van der Waals surface area contributed by atoms with Gasteiger partial charge in [0, 0.05) is 13.1 Å². The molecule has 4 nitrogen and oxygen atoms in total. The summed E-state index contributed by atoms with van der Waals surface area (Å²) in [6, 6.07) is 0. The lowest BCUT2D eigenvalue weighted by Gasteiger charge is -2.26. The van der Waals surface area contributed by atoms with Gasteiger partial charge in [-0.2, -0.15) is 0 Å². The van der Waals surface area contributed by atoms with Crippen molar-refractivity contribution in [3.8, 4) is 0 Å². The molecule has 1 N–H and O–H groups in total. The molecular formula is C12H24N2O2. The molecule has 0 radical (unpaired) electrons. The number of piperidine rings is 1. The molecule has 0 aromatic rings. The number of hydrogen-bond acceptors (Lipinski definition) is 4. The Kier molecular flexibility index (Phi) is 6.42. The van der Waals surface area contributed by atoms with Gasteiger partial charge < -0.3 is 15.0 Å². The molecule has 1 fully saturated rings. The molecule has 1 aliphatic heterocycles. The molecular weight excluding hydrogens is 204 g/mol. The fourth-order valence-electron chi connectivity index (χ4n) is 1.92. The van der Waals surface area contributed by atoms with Crippen molar-refractivity contribution in [1.29, 1.82) is 0 Å². The highest BCUT2D eigenvalue weighted by Gasteiger charge is 2.09. The van der Waals surface area contributed by atoms with E-state index < -0.39 is 0 Å². The van der Waals surface area contributed by atoms with Gasteiger partial charge in [-0.05, 0) is 39.8 Å². The molecule has 0 saturated carbocycles. The Balaban J connectivity index is 1.96. The molecule has 16 heavy (non-hydrogen) atoms. The molecule has 0 aromatic carbocycles. The fourth-order valence-corrected chi connectivity index (χ4v) is 1.92. The van der Waals surface area contributed by atoms with E-state index in [1.165, 1.54) is 32.4 Å². The zero-order chi connectivity index (χ0) is 11.8. The van der Waals surface area contributed by atoms with Crippen LogP contribution in [0.5, 0.6) is 0 Å². The van der Waals surface area contributed by atoms with Crippen LogP contribution in [0, 0.1) is 0 Å². The summed E-state index contributed by atoms with van der Waals surface area (Å²) in [5, 5.41) is 3.12. The van der Waals surface area contributed by atoms with Crippen LogP contribution in [0.4, 0.5) is 0 Å². The smallest absolute Gasteiger partial charge is 0.320 e. The van der Waals surface area contributed by atoms with Gasteiger partial charge in [0.15, 0.2) is 0 Å². The van der Waals surface area contributed by atoms with Crippen molar-refractivity contribution >= 4 is 5.97 Å². The number of hydrogen-bond donors (Lipinski definition) is 1. The van der Waals surface area contributed by atoms with Gasteiger partial charge in [0.1, 0.15) is 0 Å². The number of carbonyl (C=O) groups is 1. The summed E-state index contributed by atoms with van der Waals surface area (Å²) in [6.07, 6.45) is 3.98. The predicted octanol–water partition coefficient (Wildman–Crippen LogP) is 1.01. The van der Waals surface area contributed by atoms with Crippen molar-refractivity contribution < 1.29 is 9.53 Å². The van der Waals surface area contributed by atoms with Crippen LogP contribution in [0.1, 0.15) is 33.1 Å². The van der Waals surface area contributed by atoms with E-state index in [-0.39, 0.29) is 12.1 Å². The van der Waals surface area contributed by atoms with Gasteiger partial charge in [-0.15, -0.1) is 0 Å². The van der Waals surface area contributed by atoms with E-state index in [2.05, 4.69) is 10.2 Å². The van der Waals surface area contributed by atoms with Crippen molar-refractivity contribution in [2.24, 2.45) is 0 Å². The molecule has 0 bridgehead atoms. The number of nitrogens with zero attached hydrogens (tertiary/aromatic N) is 1. The van der Waals surface area contributed by atoms with Crippen molar-refractivity contribution in [3.05, 3.63) is 0 Å². The number of ether oxygens (including phenoxy) is 1. The maximum absolute atomic E-state index is 11.2. The van der Waals surface area contributed by atoms with Crippen LogP contribution in [0.25, 0.3) is 0 Å². The summed E-state index contributed by atoms with van der Waals surface area (Å²) in [5.74, 6) is -0.159. The molecule has 1 saturated heterocycles. The summed E-state index contributed by atoms with van der Waals surface area (Å²) in [4.78, 5) is 13.7. The molecule has 0 aromatic heterocycles. The first-order chi connectivity index (χ1) is 7.68. The minimum absolute atomic E-state index is 0.0172. The van der Waals surface area contributed by atoms with Crippen molar-refractivity contribution in [2.75, 3.05) is 32.7 Å². The van der Waals surface area contributed by atoms with Crippen LogP contribution in [-0.2, 0) is 9.53 Å². The van der Waals surface area contributed by atoms with Crippen molar-refractivity contribution in [3.63, 3.8) is 0 Å².